The number of hydrogen-bond acceptors (Lipinski definition) is 5. The molecule has 0 radical (unpaired) electrons. The molecule has 3 atom stereocenters. The number of terminal acetylenes is 1. The second-order valence-electron chi connectivity index (χ2n) is 10.2. The highest BCUT2D eigenvalue weighted by molar-refractivity contribution is 5.99. The largest absolute Gasteiger partial charge is 0.377 e. The van der Waals surface area contributed by atoms with Gasteiger partial charge in [-0.25, -0.2) is 0 Å². The zero-order valence-corrected chi connectivity index (χ0v) is 21.4. The molecule has 5 nitrogen and oxygen atoms in total. The molecule has 0 spiro atoms. The first-order chi connectivity index (χ1) is 16.7. The molecule has 0 unspecified atom stereocenters. The normalized spacial score (nSPS) is 20.7. The minimum Gasteiger partial charge on any atom is -0.377 e. The average molecular weight is 479 g/mol. The van der Waals surface area contributed by atoms with Gasteiger partial charge in [0.05, 0.1) is 36.9 Å². The van der Waals surface area contributed by atoms with Gasteiger partial charge in [0.1, 0.15) is 0 Å². The Hall–Kier alpha value is -2.49. The summed E-state index contributed by atoms with van der Waals surface area (Å²) in [5, 5.41) is 0. The quantitative estimate of drug-likeness (QED) is 0.222. The summed E-state index contributed by atoms with van der Waals surface area (Å²) in [5.41, 5.74) is 1.35. The van der Waals surface area contributed by atoms with Crippen molar-refractivity contribution >= 4 is 5.78 Å². The van der Waals surface area contributed by atoms with Gasteiger partial charge in [-0.05, 0) is 51.2 Å². The van der Waals surface area contributed by atoms with Crippen molar-refractivity contribution in [3.8, 4) is 12.3 Å². The molecular formula is C30H38O5. The van der Waals surface area contributed by atoms with E-state index in [-0.39, 0.29) is 18.0 Å². The molecule has 35 heavy (non-hydrogen) atoms. The van der Waals surface area contributed by atoms with Gasteiger partial charge < -0.3 is 18.9 Å². The molecule has 1 aliphatic rings. The van der Waals surface area contributed by atoms with E-state index in [2.05, 4.69) is 18.1 Å². The zero-order valence-electron chi connectivity index (χ0n) is 21.4. The van der Waals surface area contributed by atoms with E-state index in [9.17, 15) is 4.79 Å². The van der Waals surface area contributed by atoms with Crippen molar-refractivity contribution in [3.63, 3.8) is 0 Å². The van der Waals surface area contributed by atoms with Crippen molar-refractivity contribution in [1.82, 2.24) is 0 Å². The first-order valence-corrected chi connectivity index (χ1v) is 12.3. The van der Waals surface area contributed by atoms with E-state index in [1.165, 1.54) is 0 Å². The Morgan fingerprint density at radius 2 is 1.60 bits per heavy atom. The van der Waals surface area contributed by atoms with Gasteiger partial charge in [-0.1, -0.05) is 60.7 Å². The number of rotatable bonds is 12. The van der Waals surface area contributed by atoms with Crippen LogP contribution in [0.5, 0.6) is 0 Å². The van der Waals surface area contributed by atoms with Crippen LogP contribution >= 0.6 is 0 Å². The lowest BCUT2D eigenvalue weighted by Gasteiger charge is -2.43. The molecule has 0 bridgehead atoms. The summed E-state index contributed by atoms with van der Waals surface area (Å²) in [6.07, 6.45) is 6.94. The molecule has 0 saturated carbocycles. The number of carbonyl (C=O) groups is 1. The van der Waals surface area contributed by atoms with Crippen LogP contribution in [0.2, 0.25) is 0 Å². The smallest absolute Gasteiger partial charge is 0.213 e. The van der Waals surface area contributed by atoms with Crippen molar-refractivity contribution in [2.45, 2.75) is 84.3 Å². The van der Waals surface area contributed by atoms with E-state index >= 15 is 0 Å². The Labute approximate surface area is 210 Å². The highest BCUT2D eigenvalue weighted by Gasteiger charge is 2.42. The standard InChI is InChI=1S/C30H38O5/c1-6-27(31)29(2,3)28(33-22-24-15-11-8-12-16-24)20-26-19-25(34-30(4,5)35-26)17-18-32-21-23-13-9-7-10-14-23/h1,7-16,25-26,28H,17-22H2,2-5H3/t25-,26-,28-/m0/s1. The molecule has 0 aromatic heterocycles. The van der Waals surface area contributed by atoms with Crippen LogP contribution in [0, 0.1) is 17.8 Å². The van der Waals surface area contributed by atoms with E-state index < -0.39 is 17.3 Å². The number of ketones is 1. The van der Waals surface area contributed by atoms with Crippen molar-refractivity contribution in [2.24, 2.45) is 5.41 Å². The summed E-state index contributed by atoms with van der Waals surface area (Å²) in [6.45, 7) is 9.12. The number of benzene rings is 2. The predicted molar refractivity (Wildman–Crippen MR) is 136 cm³/mol. The maximum Gasteiger partial charge on any atom is 0.213 e. The van der Waals surface area contributed by atoms with E-state index in [4.69, 9.17) is 25.4 Å². The van der Waals surface area contributed by atoms with Crippen molar-refractivity contribution in [3.05, 3.63) is 71.8 Å². The topological polar surface area (TPSA) is 54.0 Å². The molecule has 3 rings (SSSR count). The lowest BCUT2D eigenvalue weighted by molar-refractivity contribution is -0.306. The van der Waals surface area contributed by atoms with Gasteiger partial charge in [-0.3, -0.25) is 4.79 Å². The summed E-state index contributed by atoms with van der Waals surface area (Å²) < 4.78 is 24.6. The molecule has 0 N–H and O–H groups in total. The van der Waals surface area contributed by atoms with Crippen molar-refractivity contribution < 1.29 is 23.7 Å². The van der Waals surface area contributed by atoms with Crippen LogP contribution in [0.1, 0.15) is 58.1 Å². The van der Waals surface area contributed by atoms with Crippen LogP contribution in [-0.4, -0.2) is 36.5 Å². The Morgan fingerprint density at radius 1 is 1.03 bits per heavy atom. The number of Topliss-reactive ketones (excluding diaryl/α,β-unsaturated/α-hetero) is 1. The third-order valence-electron chi connectivity index (χ3n) is 6.41. The van der Waals surface area contributed by atoms with E-state index in [1.807, 2.05) is 76.2 Å². The van der Waals surface area contributed by atoms with Gasteiger partial charge in [0.2, 0.25) is 5.78 Å². The Balaban J connectivity index is 1.62. The van der Waals surface area contributed by atoms with Gasteiger partial charge in [-0.15, -0.1) is 6.42 Å². The minimum atomic E-state index is -0.844. The molecule has 1 fully saturated rings. The first-order valence-electron chi connectivity index (χ1n) is 12.3. The number of hydrogen-bond donors (Lipinski definition) is 0. The summed E-state index contributed by atoms with van der Waals surface area (Å²) in [6, 6.07) is 20.1. The molecule has 2 aromatic carbocycles. The van der Waals surface area contributed by atoms with Crippen LogP contribution in [0.15, 0.2) is 60.7 Å². The van der Waals surface area contributed by atoms with Crippen LogP contribution in [0.3, 0.4) is 0 Å². The second-order valence-corrected chi connectivity index (χ2v) is 10.2. The van der Waals surface area contributed by atoms with Crippen molar-refractivity contribution in [1.29, 1.82) is 0 Å². The fourth-order valence-electron chi connectivity index (χ4n) is 4.43. The zero-order chi connectivity index (χ0) is 25.3. The summed E-state index contributed by atoms with van der Waals surface area (Å²) in [7, 11) is 0. The van der Waals surface area contributed by atoms with Gasteiger partial charge in [0.15, 0.2) is 5.79 Å². The lowest BCUT2D eigenvalue weighted by Crippen LogP contribution is -2.48. The summed E-state index contributed by atoms with van der Waals surface area (Å²) in [5.74, 6) is 1.28. The molecule has 1 heterocycles. The predicted octanol–water partition coefficient (Wildman–Crippen LogP) is 5.71. The van der Waals surface area contributed by atoms with Crippen LogP contribution < -0.4 is 0 Å². The number of carbonyl (C=O) groups excluding carboxylic acids is 1. The maximum atomic E-state index is 12.6. The number of ether oxygens (including phenoxy) is 4. The van der Waals surface area contributed by atoms with Crippen LogP contribution in [-0.2, 0) is 37.0 Å². The Morgan fingerprint density at radius 3 is 2.20 bits per heavy atom. The SMILES string of the molecule is C#CC(=O)C(C)(C)[C@H](C[C@@H]1C[C@H](CCOCc2ccccc2)OC(C)(C)O1)OCc1ccccc1. The first kappa shape index (κ1) is 27.1. The third kappa shape index (κ3) is 8.30. The summed E-state index contributed by atoms with van der Waals surface area (Å²) >= 11 is 0. The van der Waals surface area contributed by atoms with E-state index in [1.54, 1.807) is 0 Å². The third-order valence-corrected chi connectivity index (χ3v) is 6.41. The van der Waals surface area contributed by atoms with Gasteiger partial charge in [-0.2, -0.15) is 0 Å². The van der Waals surface area contributed by atoms with Gasteiger partial charge >= 0.3 is 0 Å². The monoisotopic (exact) mass is 478 g/mol. The highest BCUT2D eigenvalue weighted by Crippen LogP contribution is 2.35. The fourth-order valence-corrected chi connectivity index (χ4v) is 4.43. The van der Waals surface area contributed by atoms with Crippen molar-refractivity contribution in [2.75, 3.05) is 6.61 Å². The van der Waals surface area contributed by atoms with E-state index in [0.29, 0.717) is 32.7 Å². The molecule has 1 saturated heterocycles. The highest BCUT2D eigenvalue weighted by atomic mass is 16.7. The van der Waals surface area contributed by atoms with E-state index in [0.717, 1.165) is 17.5 Å². The van der Waals surface area contributed by atoms with Crippen LogP contribution in [0.4, 0.5) is 0 Å². The molecular weight excluding hydrogens is 440 g/mol. The minimum absolute atomic E-state index is 0.0132. The molecule has 2 aromatic rings. The second kappa shape index (κ2) is 12.5. The Kier molecular flexibility index (Phi) is 9.65. The average Bonchev–Trinajstić information content (AvgIpc) is 2.84. The van der Waals surface area contributed by atoms with Crippen LogP contribution in [0.25, 0.3) is 0 Å². The molecule has 188 valence electrons. The molecule has 5 heteroatoms. The maximum absolute atomic E-state index is 12.6. The fraction of sp³-hybridized carbons (Fsp3) is 0.500. The molecule has 0 aliphatic carbocycles. The van der Waals surface area contributed by atoms with Gasteiger partial charge in [0.25, 0.3) is 0 Å². The van der Waals surface area contributed by atoms with Gasteiger partial charge in [0, 0.05) is 19.4 Å². The molecule has 1 aliphatic heterocycles. The summed E-state index contributed by atoms with van der Waals surface area (Å²) in [4.78, 5) is 12.6. The molecule has 0 amide bonds. The lowest BCUT2D eigenvalue weighted by atomic mass is 9.79. The Bertz CT molecular complexity index is 961.